The maximum Gasteiger partial charge on any atom is 0.171 e. The van der Waals surface area contributed by atoms with Gasteiger partial charge in [-0.25, -0.2) is 4.68 Å². The lowest BCUT2D eigenvalue weighted by Gasteiger charge is -2.63. The van der Waals surface area contributed by atoms with Crippen LogP contribution in [0.15, 0.2) is 0 Å². The van der Waals surface area contributed by atoms with Crippen LogP contribution in [0.25, 0.3) is 0 Å². The van der Waals surface area contributed by atoms with E-state index in [1.807, 2.05) is 13.8 Å². The Morgan fingerprint density at radius 2 is 0.831 bits per heavy atom. The fourth-order valence-electron chi connectivity index (χ4n) is 26.8. The van der Waals surface area contributed by atoms with Gasteiger partial charge in [0.05, 0.1) is 22.1 Å². The molecular weight excluding hydrogens is 1180 g/mol. The summed E-state index contributed by atoms with van der Waals surface area (Å²) in [5.74, 6) is 11.8. The molecule has 12 saturated carbocycles. The smallest absolute Gasteiger partial charge is 0.171 e. The molecule has 24 atom stereocenters. The molecule has 0 radical (unpaired) electrons. The van der Waals surface area contributed by atoms with Crippen LogP contribution in [0.1, 0.15) is 274 Å². The van der Waals surface area contributed by atoms with Crippen LogP contribution in [0, 0.1) is 135 Å². The Labute approximate surface area is 544 Å². The molecule has 2 aromatic rings. The molecule has 0 aromatic carbocycles. The van der Waals surface area contributed by atoms with Crippen LogP contribution in [0.3, 0.4) is 0 Å². The number of hydrogen-bond acceptors (Lipinski definition) is 12. The molecular formula is C74H121BrN8O6. The van der Waals surface area contributed by atoms with E-state index in [9.17, 15) is 29.7 Å². The van der Waals surface area contributed by atoms with Crippen molar-refractivity contribution in [2.24, 2.45) is 121 Å². The standard InChI is InChI=1S/2C25H40N4O2.C23H37BrO2.CH4/c1-5-25-13-12-23(3,31)14-17(25)6-7-18-19-8-9-21(24(19,4)11-10-20(18)25)22(30)15-29-16(2)26-27-28-29;1-5-25-13-12-23(3,31)14-17(25)6-7-18-19-8-9-21(24(19,4)11-10-20(18)25)22(30)15-29-27-16(2)26-28-29;1-4-23-12-11-21(2,26)13-15(23)5-6-16-17-7-8-19(20(25)14-24)22(17,3)10-9-18(16)23;/h2*17-21,31H,5-15H2,1-4H3;15-19,26H,4-14H2,1-3H3;1H4/t2*17-,18-,19-,20-,21+,23+,24-,25-;15-,16-,17-,18-,19+,21+,22-,23-;/m000./s1. The Hall–Kier alpha value is -2.49. The number of Topliss-reactive ketones (excluding diaryl/α,β-unsaturated/α-hetero) is 3. The summed E-state index contributed by atoms with van der Waals surface area (Å²) in [7, 11) is 0. The first-order valence-electron chi connectivity index (χ1n) is 36.4. The fourth-order valence-corrected chi connectivity index (χ4v) is 27.2. The number of tetrazole rings is 2. The van der Waals surface area contributed by atoms with Gasteiger partial charge in [0.25, 0.3) is 0 Å². The summed E-state index contributed by atoms with van der Waals surface area (Å²) < 4.78 is 1.66. The van der Waals surface area contributed by atoms with Gasteiger partial charge in [0.15, 0.2) is 17.4 Å². The Morgan fingerprint density at radius 3 is 1.16 bits per heavy atom. The Balaban J connectivity index is 0.000000138. The highest BCUT2D eigenvalue weighted by molar-refractivity contribution is 9.09. The second-order valence-corrected chi connectivity index (χ2v) is 35.2. The maximum atomic E-state index is 13.4. The number of hydrogen-bond donors (Lipinski definition) is 3. The van der Waals surface area contributed by atoms with Gasteiger partial charge in [-0.3, -0.25) is 14.4 Å². The largest absolute Gasteiger partial charge is 0.390 e. The molecule has 12 fully saturated rings. The van der Waals surface area contributed by atoms with Gasteiger partial charge in [-0.05, 0) is 346 Å². The van der Waals surface area contributed by atoms with E-state index in [2.05, 4.69) is 109 Å². The predicted molar refractivity (Wildman–Crippen MR) is 352 cm³/mol. The Bertz CT molecular complexity index is 2870. The third-order valence-electron chi connectivity index (χ3n) is 31.1. The van der Waals surface area contributed by atoms with E-state index in [1.165, 1.54) is 140 Å². The number of rotatable bonds is 11. The monoisotopic (exact) mass is 1300 g/mol. The zero-order valence-electron chi connectivity index (χ0n) is 56.5. The Kier molecular flexibility index (Phi) is 19.0. The van der Waals surface area contributed by atoms with E-state index >= 15 is 0 Å². The summed E-state index contributed by atoms with van der Waals surface area (Å²) in [6.45, 7) is 24.9. The van der Waals surface area contributed by atoms with Gasteiger partial charge in [-0.15, -0.1) is 15.3 Å². The number of fused-ring (bicyclic) bond motifs is 15. The highest BCUT2D eigenvalue weighted by Gasteiger charge is 2.66. The van der Waals surface area contributed by atoms with Gasteiger partial charge in [-0.1, -0.05) is 64.9 Å². The van der Waals surface area contributed by atoms with Crippen molar-refractivity contribution < 1.29 is 29.7 Å². The zero-order valence-corrected chi connectivity index (χ0v) is 58.1. The van der Waals surface area contributed by atoms with E-state index in [0.29, 0.717) is 86.7 Å². The molecule has 3 N–H and O–H groups in total. The average molecular weight is 1300 g/mol. The third-order valence-corrected chi connectivity index (χ3v) is 31.6. The lowest BCUT2D eigenvalue weighted by molar-refractivity contribution is -0.158. The van der Waals surface area contributed by atoms with Crippen molar-refractivity contribution in [2.45, 2.75) is 306 Å². The normalized spacial score (nSPS) is 48.2. The predicted octanol–water partition coefficient (Wildman–Crippen LogP) is 15.1. The number of halogens is 1. The average Bonchev–Trinajstić information content (AvgIpc) is 1.73. The van der Waals surface area contributed by atoms with Gasteiger partial charge in [0.1, 0.15) is 24.7 Å². The first kappa shape index (κ1) is 67.9. The number of aliphatic hydroxyl groups is 3. The molecule has 2 aromatic heterocycles. The van der Waals surface area contributed by atoms with Gasteiger partial charge in [0, 0.05) is 17.8 Å². The van der Waals surface area contributed by atoms with Gasteiger partial charge in [0.2, 0.25) is 0 Å². The minimum absolute atomic E-state index is 0. The molecule has 89 heavy (non-hydrogen) atoms. The van der Waals surface area contributed by atoms with Crippen LogP contribution < -0.4 is 0 Å². The molecule has 14 nitrogen and oxygen atoms in total. The van der Waals surface area contributed by atoms with E-state index < -0.39 is 16.8 Å². The third kappa shape index (κ3) is 11.5. The molecule has 15 heteroatoms. The Morgan fingerprint density at radius 1 is 0.461 bits per heavy atom. The van der Waals surface area contributed by atoms with Gasteiger partial charge < -0.3 is 15.3 Å². The molecule has 12 aliphatic rings. The highest BCUT2D eigenvalue weighted by atomic mass is 79.9. The zero-order chi connectivity index (χ0) is 62.8. The van der Waals surface area contributed by atoms with Gasteiger partial charge >= 0.3 is 0 Å². The molecule has 2 heterocycles. The van der Waals surface area contributed by atoms with Crippen molar-refractivity contribution in [3.63, 3.8) is 0 Å². The molecule has 0 amide bonds. The minimum atomic E-state index is -0.474. The first-order valence-corrected chi connectivity index (χ1v) is 37.6. The lowest BCUT2D eigenvalue weighted by Crippen LogP contribution is -2.56. The number of carbonyl (C=O) groups excluding carboxylic acids is 3. The summed E-state index contributed by atoms with van der Waals surface area (Å²) in [4.78, 5) is 40.7. The number of alkyl halides is 1. The lowest BCUT2D eigenvalue weighted by atomic mass is 9.42. The second-order valence-electron chi connectivity index (χ2n) is 34.6. The number of carbonyl (C=O) groups is 3. The summed E-state index contributed by atoms with van der Waals surface area (Å²) in [5.41, 5.74) is 0.390. The molecule has 14 rings (SSSR count). The van der Waals surface area contributed by atoms with E-state index in [1.54, 1.807) is 4.68 Å². The summed E-state index contributed by atoms with van der Waals surface area (Å²) in [5, 5.41) is 56.6. The number of nitrogens with zero attached hydrogens (tertiary/aromatic N) is 8. The van der Waals surface area contributed by atoms with Crippen molar-refractivity contribution >= 4 is 33.3 Å². The number of aryl methyl sites for hydroxylation is 2. The number of ketones is 3. The summed E-state index contributed by atoms with van der Waals surface area (Å²) >= 11 is 3.44. The van der Waals surface area contributed by atoms with Gasteiger partial charge in [-0.2, -0.15) is 4.80 Å². The highest BCUT2D eigenvalue weighted by Crippen LogP contribution is 2.73. The topological polar surface area (TPSA) is 199 Å². The number of aromatic nitrogens is 8. The van der Waals surface area contributed by atoms with E-state index in [4.69, 9.17) is 0 Å². The van der Waals surface area contributed by atoms with Crippen LogP contribution >= 0.6 is 15.9 Å². The molecule has 12 aliphatic carbocycles. The van der Waals surface area contributed by atoms with Crippen LogP contribution in [0.5, 0.6) is 0 Å². The second kappa shape index (κ2) is 24.9. The maximum absolute atomic E-state index is 13.4. The van der Waals surface area contributed by atoms with Crippen molar-refractivity contribution in [2.75, 3.05) is 5.33 Å². The molecule has 0 spiro atoms. The minimum Gasteiger partial charge on any atom is -0.390 e. The van der Waals surface area contributed by atoms with Crippen molar-refractivity contribution in [3.05, 3.63) is 11.6 Å². The summed E-state index contributed by atoms with van der Waals surface area (Å²) in [6, 6.07) is 0. The van der Waals surface area contributed by atoms with E-state index in [0.717, 1.165) is 99.2 Å². The first-order chi connectivity index (χ1) is 41.7. The molecule has 0 saturated heterocycles. The van der Waals surface area contributed by atoms with Crippen LogP contribution in [-0.2, 0) is 27.5 Å². The van der Waals surface area contributed by atoms with Crippen molar-refractivity contribution in [1.82, 2.24) is 40.4 Å². The fraction of sp³-hybridized carbons (Fsp3) is 0.932. The molecule has 0 aliphatic heterocycles. The quantitative estimate of drug-likeness (QED) is 0.180. The van der Waals surface area contributed by atoms with Crippen molar-refractivity contribution in [3.8, 4) is 0 Å². The van der Waals surface area contributed by atoms with Crippen LogP contribution in [0.2, 0.25) is 0 Å². The van der Waals surface area contributed by atoms with Crippen LogP contribution in [0.4, 0.5) is 0 Å². The SMILES string of the molecule is C.CC[C@]12CC[C@@](C)(O)C[C@@H]1CC[C@H]1[C@@H]3CC[C@H](C(=O)CBr)[C@@]3(C)CC[C@@H]12.CC[C@]12CC[C@@](C)(O)C[C@@H]1CC[C@H]1[C@@H]3CC[C@H](C(=O)Cn4nnc(C)n4)[C@@]3(C)CC[C@@H]12.CC[C@]12CC[C@@](C)(O)C[C@@H]1CC[C@H]1[C@@H]3CC[C@H](C(=O)Cn4nnnc4C)[C@@]3(C)CC[C@@H]12. The summed E-state index contributed by atoms with van der Waals surface area (Å²) in [6.07, 6.45) is 35.2. The van der Waals surface area contributed by atoms with Crippen molar-refractivity contribution in [1.29, 1.82) is 0 Å². The van der Waals surface area contributed by atoms with E-state index in [-0.39, 0.29) is 48.0 Å². The molecule has 500 valence electrons. The molecule has 0 unspecified atom stereocenters. The molecule has 0 bridgehead atoms. The van der Waals surface area contributed by atoms with Crippen LogP contribution in [-0.4, -0.2) is 95.2 Å².